The van der Waals surface area contributed by atoms with Gasteiger partial charge in [0.1, 0.15) is 22.8 Å². The van der Waals surface area contributed by atoms with E-state index in [4.69, 9.17) is 9.26 Å². The normalized spacial score (nSPS) is 13.5. The molecule has 0 unspecified atom stereocenters. The van der Waals surface area contributed by atoms with Gasteiger partial charge >= 0.3 is 5.97 Å². The van der Waals surface area contributed by atoms with Crippen molar-refractivity contribution >= 4 is 27.5 Å². The first-order valence-corrected chi connectivity index (χ1v) is 9.44. The maximum atomic E-state index is 12.4. The van der Waals surface area contributed by atoms with Gasteiger partial charge in [0.2, 0.25) is 0 Å². The molecule has 4 rings (SSSR count). The van der Waals surface area contributed by atoms with E-state index in [1.807, 2.05) is 13.8 Å². The van der Waals surface area contributed by atoms with Gasteiger partial charge in [-0.15, -0.1) is 11.3 Å². The highest BCUT2D eigenvalue weighted by Crippen LogP contribution is 2.34. The van der Waals surface area contributed by atoms with E-state index >= 15 is 0 Å². The van der Waals surface area contributed by atoms with Crippen LogP contribution in [0.1, 0.15) is 64.3 Å². The third-order valence-corrected chi connectivity index (χ3v) is 5.77. The van der Waals surface area contributed by atoms with Gasteiger partial charge in [-0.05, 0) is 31.7 Å². The maximum absolute atomic E-state index is 12.4. The van der Waals surface area contributed by atoms with Crippen molar-refractivity contribution in [2.75, 3.05) is 0 Å². The SMILES string of the molecule is Cc1noc(C(C)C)c1C(=O)OCc1nc2sc3c(c2c(=O)[nH]1)CCC3. The van der Waals surface area contributed by atoms with Crippen LogP contribution in [0, 0.1) is 6.92 Å². The molecule has 1 N–H and O–H groups in total. The number of aromatic nitrogens is 3. The summed E-state index contributed by atoms with van der Waals surface area (Å²) in [6, 6.07) is 0. The van der Waals surface area contributed by atoms with Crippen LogP contribution in [0.25, 0.3) is 10.2 Å². The molecule has 0 spiro atoms. The molecule has 3 aromatic rings. The summed E-state index contributed by atoms with van der Waals surface area (Å²) in [5.41, 5.74) is 1.80. The standard InChI is InChI=1S/C18H19N3O4S/c1-8(2)15-13(9(3)21-25-15)18(23)24-7-12-19-16(22)14-10-5-4-6-11(10)26-17(14)20-12/h8H,4-7H2,1-3H3,(H,19,20,22). The Kier molecular flexibility index (Phi) is 4.14. The number of thiophene rings is 1. The third kappa shape index (κ3) is 2.74. The third-order valence-electron chi connectivity index (χ3n) is 4.58. The maximum Gasteiger partial charge on any atom is 0.344 e. The summed E-state index contributed by atoms with van der Waals surface area (Å²) in [5, 5.41) is 4.54. The molecule has 0 radical (unpaired) electrons. The van der Waals surface area contributed by atoms with Crippen molar-refractivity contribution in [3.63, 3.8) is 0 Å². The van der Waals surface area contributed by atoms with Gasteiger partial charge < -0.3 is 14.2 Å². The first-order chi connectivity index (χ1) is 12.5. The van der Waals surface area contributed by atoms with Gasteiger partial charge in [-0.3, -0.25) is 4.79 Å². The first-order valence-electron chi connectivity index (χ1n) is 8.62. The first kappa shape index (κ1) is 17.0. The molecule has 0 fully saturated rings. The minimum absolute atomic E-state index is 0.0153. The van der Waals surface area contributed by atoms with Crippen LogP contribution in [0.15, 0.2) is 9.32 Å². The van der Waals surface area contributed by atoms with Crippen LogP contribution < -0.4 is 5.56 Å². The molecule has 7 nitrogen and oxygen atoms in total. The second-order valence-electron chi connectivity index (χ2n) is 6.79. The monoisotopic (exact) mass is 373 g/mol. The quantitative estimate of drug-likeness (QED) is 0.705. The lowest BCUT2D eigenvalue weighted by molar-refractivity contribution is 0.0458. The van der Waals surface area contributed by atoms with E-state index in [-0.39, 0.29) is 18.1 Å². The summed E-state index contributed by atoms with van der Waals surface area (Å²) in [6.45, 7) is 5.43. The molecule has 0 aromatic carbocycles. The van der Waals surface area contributed by atoms with Crippen LogP contribution in [0.2, 0.25) is 0 Å². The fourth-order valence-electron chi connectivity index (χ4n) is 3.35. The topological polar surface area (TPSA) is 98.1 Å². The van der Waals surface area contributed by atoms with E-state index in [2.05, 4.69) is 15.1 Å². The van der Waals surface area contributed by atoms with E-state index < -0.39 is 5.97 Å². The average molecular weight is 373 g/mol. The number of aromatic amines is 1. The number of nitrogens with one attached hydrogen (secondary N) is 1. The molecule has 8 heteroatoms. The number of H-pyrrole nitrogens is 1. The van der Waals surface area contributed by atoms with E-state index in [1.165, 1.54) is 4.88 Å². The van der Waals surface area contributed by atoms with Gasteiger partial charge in [0.25, 0.3) is 5.56 Å². The zero-order valence-corrected chi connectivity index (χ0v) is 15.7. The van der Waals surface area contributed by atoms with Crippen molar-refractivity contribution in [1.29, 1.82) is 0 Å². The van der Waals surface area contributed by atoms with Crippen LogP contribution in [-0.4, -0.2) is 21.1 Å². The fraction of sp³-hybridized carbons (Fsp3) is 0.444. The second kappa shape index (κ2) is 6.35. The van der Waals surface area contributed by atoms with Crippen molar-refractivity contribution in [2.24, 2.45) is 0 Å². The van der Waals surface area contributed by atoms with Crippen LogP contribution in [0.3, 0.4) is 0 Å². The molecule has 0 bridgehead atoms. The smallest absolute Gasteiger partial charge is 0.344 e. The van der Waals surface area contributed by atoms with Crippen LogP contribution in [-0.2, 0) is 24.2 Å². The van der Waals surface area contributed by atoms with Crippen molar-refractivity contribution < 1.29 is 14.1 Å². The number of hydrogen-bond donors (Lipinski definition) is 1. The number of nitrogens with zero attached hydrogens (tertiary/aromatic N) is 2. The van der Waals surface area contributed by atoms with E-state index in [1.54, 1.807) is 18.3 Å². The highest BCUT2D eigenvalue weighted by Gasteiger charge is 2.25. The number of rotatable bonds is 4. The van der Waals surface area contributed by atoms with Crippen LogP contribution in [0.5, 0.6) is 0 Å². The lowest BCUT2D eigenvalue weighted by Gasteiger charge is -2.06. The zero-order valence-electron chi connectivity index (χ0n) is 14.8. The average Bonchev–Trinajstić information content (AvgIpc) is 3.26. The van der Waals surface area contributed by atoms with Gasteiger partial charge in [-0.25, -0.2) is 9.78 Å². The number of fused-ring (bicyclic) bond motifs is 3. The summed E-state index contributed by atoms with van der Waals surface area (Å²) in [6.07, 6.45) is 3.02. The van der Waals surface area contributed by atoms with Gasteiger partial charge in [0.05, 0.1) is 11.1 Å². The molecule has 3 aromatic heterocycles. The largest absolute Gasteiger partial charge is 0.454 e. The van der Waals surface area contributed by atoms with Crippen molar-refractivity contribution in [3.8, 4) is 0 Å². The Morgan fingerprint density at radius 3 is 2.96 bits per heavy atom. The molecule has 0 amide bonds. The van der Waals surface area contributed by atoms with Crippen molar-refractivity contribution in [3.05, 3.63) is 43.6 Å². The highest BCUT2D eigenvalue weighted by molar-refractivity contribution is 7.18. The summed E-state index contributed by atoms with van der Waals surface area (Å²) < 4.78 is 10.6. The minimum Gasteiger partial charge on any atom is -0.454 e. The Labute approximate surface area is 153 Å². The predicted octanol–water partition coefficient (Wildman–Crippen LogP) is 3.25. The number of hydrogen-bond acceptors (Lipinski definition) is 7. The van der Waals surface area contributed by atoms with Crippen molar-refractivity contribution in [1.82, 2.24) is 15.1 Å². The molecule has 3 heterocycles. The van der Waals surface area contributed by atoms with E-state index in [0.29, 0.717) is 33.1 Å². The Balaban J connectivity index is 1.58. The summed E-state index contributed by atoms with van der Waals surface area (Å²) >= 11 is 1.56. The number of carbonyl (C=O) groups is 1. The molecule has 1 aliphatic rings. The Morgan fingerprint density at radius 2 is 2.19 bits per heavy atom. The summed E-state index contributed by atoms with van der Waals surface area (Å²) in [5.74, 6) is 0.334. The minimum atomic E-state index is -0.524. The number of carbonyl (C=O) groups excluding carboxylic acids is 1. The van der Waals surface area contributed by atoms with Gasteiger partial charge in [0.15, 0.2) is 5.76 Å². The number of esters is 1. The molecule has 1 aliphatic carbocycles. The predicted molar refractivity (Wildman–Crippen MR) is 96.7 cm³/mol. The molecular formula is C18H19N3O4S. The van der Waals surface area contributed by atoms with Crippen LogP contribution in [0.4, 0.5) is 0 Å². The van der Waals surface area contributed by atoms with E-state index in [0.717, 1.165) is 24.8 Å². The Bertz CT molecular complexity index is 1060. The van der Waals surface area contributed by atoms with Gasteiger partial charge in [-0.1, -0.05) is 19.0 Å². The molecule has 136 valence electrons. The fourth-order valence-corrected chi connectivity index (χ4v) is 4.63. The van der Waals surface area contributed by atoms with Crippen molar-refractivity contribution in [2.45, 2.75) is 52.6 Å². The second-order valence-corrected chi connectivity index (χ2v) is 7.87. The molecular weight excluding hydrogens is 354 g/mol. The van der Waals surface area contributed by atoms with Gasteiger partial charge in [0, 0.05) is 10.8 Å². The van der Waals surface area contributed by atoms with Gasteiger partial charge in [-0.2, -0.15) is 0 Å². The number of ether oxygens (including phenoxy) is 1. The van der Waals surface area contributed by atoms with Crippen LogP contribution >= 0.6 is 11.3 Å². The summed E-state index contributed by atoms with van der Waals surface area (Å²) in [7, 11) is 0. The summed E-state index contributed by atoms with van der Waals surface area (Å²) in [4.78, 5) is 34.1. The molecule has 0 saturated carbocycles. The Morgan fingerprint density at radius 1 is 1.38 bits per heavy atom. The Hall–Kier alpha value is -2.48. The zero-order chi connectivity index (χ0) is 18.4. The number of aryl methyl sites for hydroxylation is 3. The molecule has 0 saturated heterocycles. The highest BCUT2D eigenvalue weighted by atomic mass is 32.1. The van der Waals surface area contributed by atoms with E-state index in [9.17, 15) is 9.59 Å². The molecule has 0 aliphatic heterocycles. The molecule has 26 heavy (non-hydrogen) atoms. The lowest BCUT2D eigenvalue weighted by atomic mass is 10.1. The lowest BCUT2D eigenvalue weighted by Crippen LogP contribution is -2.15. The molecule has 0 atom stereocenters.